The summed E-state index contributed by atoms with van der Waals surface area (Å²) in [5.41, 5.74) is 1.67. The lowest BCUT2D eigenvalue weighted by Gasteiger charge is -2.28. The Labute approximate surface area is 184 Å². The van der Waals surface area contributed by atoms with Crippen molar-refractivity contribution >= 4 is 34.5 Å². The Kier molecular flexibility index (Phi) is 5.59. The van der Waals surface area contributed by atoms with Gasteiger partial charge in [0.05, 0.1) is 36.4 Å². The second-order valence-electron chi connectivity index (χ2n) is 7.96. The number of ether oxygens (including phenoxy) is 1. The highest BCUT2D eigenvalue weighted by molar-refractivity contribution is 6.05. The number of rotatable bonds is 6. The quantitative estimate of drug-likeness (QED) is 0.641. The third-order valence-corrected chi connectivity index (χ3v) is 5.95. The average molecular weight is 437 g/mol. The van der Waals surface area contributed by atoms with E-state index in [0.717, 1.165) is 24.1 Å². The molecule has 5 rings (SSSR count). The van der Waals surface area contributed by atoms with Gasteiger partial charge in [0.2, 0.25) is 11.9 Å². The minimum Gasteiger partial charge on any atom is -0.379 e. The maximum atomic E-state index is 14.0. The number of hydrogen-bond donors (Lipinski definition) is 1. The SMILES string of the molecule is O=C(C[C@H]1C(=O)N(CCN2CCOCC2)c2nc3ccccc3n21)Nc1ccccc1F. The molecule has 0 bridgehead atoms. The van der Waals surface area contributed by atoms with Gasteiger partial charge in [-0.3, -0.25) is 24.0 Å². The molecule has 0 unspecified atom stereocenters. The predicted molar refractivity (Wildman–Crippen MR) is 118 cm³/mol. The minimum absolute atomic E-state index is 0.0998. The standard InChI is InChI=1S/C23H24FN5O3/c24-16-5-1-2-6-17(16)25-21(30)15-20-22(31)28(10-9-27-11-13-32-14-12-27)23-26-18-7-3-4-8-19(18)29(20)23/h1-8,20H,9-15H2,(H,25,30)/t20-/m0/s1. The zero-order valence-corrected chi connectivity index (χ0v) is 17.5. The zero-order valence-electron chi connectivity index (χ0n) is 17.5. The molecule has 2 aromatic carbocycles. The second-order valence-corrected chi connectivity index (χ2v) is 7.96. The van der Waals surface area contributed by atoms with Gasteiger partial charge in [0, 0.05) is 26.2 Å². The summed E-state index contributed by atoms with van der Waals surface area (Å²) in [6.45, 7) is 4.20. The van der Waals surface area contributed by atoms with E-state index in [1.165, 1.54) is 12.1 Å². The van der Waals surface area contributed by atoms with E-state index in [9.17, 15) is 14.0 Å². The highest BCUT2D eigenvalue weighted by Gasteiger charge is 2.41. The van der Waals surface area contributed by atoms with Crippen molar-refractivity contribution in [2.24, 2.45) is 0 Å². The molecule has 3 heterocycles. The summed E-state index contributed by atoms with van der Waals surface area (Å²) >= 11 is 0. The molecule has 32 heavy (non-hydrogen) atoms. The van der Waals surface area contributed by atoms with Crippen LogP contribution in [0, 0.1) is 5.82 Å². The van der Waals surface area contributed by atoms with E-state index < -0.39 is 17.8 Å². The van der Waals surface area contributed by atoms with Crippen molar-refractivity contribution in [3.63, 3.8) is 0 Å². The van der Waals surface area contributed by atoms with Gasteiger partial charge < -0.3 is 10.1 Å². The third-order valence-electron chi connectivity index (χ3n) is 5.95. The molecule has 3 aromatic rings. The number of amides is 2. The first-order chi connectivity index (χ1) is 15.6. The smallest absolute Gasteiger partial charge is 0.253 e. The first-order valence-corrected chi connectivity index (χ1v) is 10.7. The van der Waals surface area contributed by atoms with Gasteiger partial charge in [-0.15, -0.1) is 0 Å². The monoisotopic (exact) mass is 437 g/mol. The Hall–Kier alpha value is -3.30. The minimum atomic E-state index is -0.728. The van der Waals surface area contributed by atoms with Crippen LogP contribution in [-0.2, 0) is 14.3 Å². The molecule has 0 saturated carbocycles. The molecule has 1 N–H and O–H groups in total. The van der Waals surface area contributed by atoms with E-state index in [1.807, 2.05) is 28.8 Å². The van der Waals surface area contributed by atoms with Crippen LogP contribution >= 0.6 is 0 Å². The molecule has 0 spiro atoms. The molecule has 0 radical (unpaired) electrons. The maximum absolute atomic E-state index is 14.0. The van der Waals surface area contributed by atoms with Gasteiger partial charge in [-0.1, -0.05) is 24.3 Å². The zero-order chi connectivity index (χ0) is 22.1. The number of aromatic nitrogens is 2. The Morgan fingerprint density at radius 2 is 1.84 bits per heavy atom. The Morgan fingerprint density at radius 1 is 1.09 bits per heavy atom. The number of benzene rings is 2. The van der Waals surface area contributed by atoms with Gasteiger partial charge >= 0.3 is 0 Å². The number of halogens is 1. The molecule has 1 atom stereocenters. The van der Waals surface area contributed by atoms with E-state index in [0.29, 0.717) is 32.3 Å². The summed E-state index contributed by atoms with van der Waals surface area (Å²) in [5, 5.41) is 2.59. The predicted octanol–water partition coefficient (Wildman–Crippen LogP) is 2.42. The third kappa shape index (κ3) is 3.85. The van der Waals surface area contributed by atoms with Crippen LogP contribution in [0.3, 0.4) is 0 Å². The largest absolute Gasteiger partial charge is 0.379 e. The average Bonchev–Trinajstić information content (AvgIpc) is 3.29. The number of anilines is 2. The van der Waals surface area contributed by atoms with Crippen molar-refractivity contribution in [1.29, 1.82) is 0 Å². The Bertz CT molecular complexity index is 1160. The van der Waals surface area contributed by atoms with Crippen LogP contribution in [-0.4, -0.2) is 65.7 Å². The molecule has 0 aliphatic carbocycles. The molecule has 2 amide bonds. The van der Waals surface area contributed by atoms with Gasteiger partial charge in [-0.25, -0.2) is 9.37 Å². The molecule has 1 fully saturated rings. The topological polar surface area (TPSA) is 79.7 Å². The summed E-state index contributed by atoms with van der Waals surface area (Å²) < 4.78 is 21.2. The fraction of sp³-hybridized carbons (Fsp3) is 0.348. The summed E-state index contributed by atoms with van der Waals surface area (Å²) in [6, 6.07) is 12.8. The fourth-order valence-corrected chi connectivity index (χ4v) is 4.31. The first kappa shape index (κ1) is 20.6. The molecule has 1 saturated heterocycles. The highest BCUT2D eigenvalue weighted by atomic mass is 19.1. The molecule has 166 valence electrons. The van der Waals surface area contributed by atoms with Gasteiger partial charge in [0.25, 0.3) is 5.91 Å². The lowest BCUT2D eigenvalue weighted by molar-refractivity contribution is -0.124. The van der Waals surface area contributed by atoms with E-state index in [2.05, 4.69) is 15.2 Å². The number of nitrogens with zero attached hydrogens (tertiary/aromatic N) is 4. The molecule has 1 aromatic heterocycles. The number of imidazole rings is 1. The number of morpholine rings is 1. The summed E-state index contributed by atoms with van der Waals surface area (Å²) in [5.74, 6) is -0.560. The number of fused-ring (bicyclic) bond motifs is 3. The highest BCUT2D eigenvalue weighted by Crippen LogP contribution is 2.36. The van der Waals surface area contributed by atoms with Crippen molar-refractivity contribution in [1.82, 2.24) is 14.5 Å². The molecule has 2 aliphatic rings. The van der Waals surface area contributed by atoms with E-state index in [4.69, 9.17) is 4.74 Å². The Balaban J connectivity index is 1.39. The van der Waals surface area contributed by atoms with Gasteiger partial charge in [0.15, 0.2) is 0 Å². The summed E-state index contributed by atoms with van der Waals surface area (Å²) in [4.78, 5) is 34.7. The summed E-state index contributed by atoms with van der Waals surface area (Å²) in [7, 11) is 0. The van der Waals surface area contributed by atoms with Gasteiger partial charge in [-0.05, 0) is 24.3 Å². The van der Waals surface area contributed by atoms with Crippen molar-refractivity contribution in [3.05, 3.63) is 54.3 Å². The van der Waals surface area contributed by atoms with Crippen LogP contribution in [0.1, 0.15) is 12.5 Å². The number of hydrogen-bond acceptors (Lipinski definition) is 5. The molecule has 2 aliphatic heterocycles. The lowest BCUT2D eigenvalue weighted by Crippen LogP contribution is -2.42. The van der Waals surface area contributed by atoms with Crippen LogP contribution < -0.4 is 10.2 Å². The second kappa shape index (κ2) is 8.68. The molecule has 9 heteroatoms. The molecular weight excluding hydrogens is 413 g/mol. The summed E-state index contributed by atoms with van der Waals surface area (Å²) in [6.07, 6.45) is -0.103. The number of carbonyl (C=O) groups excluding carboxylic acids is 2. The van der Waals surface area contributed by atoms with E-state index >= 15 is 0 Å². The maximum Gasteiger partial charge on any atom is 0.253 e. The molecule has 8 nitrogen and oxygen atoms in total. The fourth-order valence-electron chi connectivity index (χ4n) is 4.31. The first-order valence-electron chi connectivity index (χ1n) is 10.7. The van der Waals surface area contributed by atoms with Crippen LogP contribution in [0.4, 0.5) is 16.0 Å². The van der Waals surface area contributed by atoms with Crippen LogP contribution in [0.15, 0.2) is 48.5 Å². The lowest BCUT2D eigenvalue weighted by atomic mass is 10.1. The van der Waals surface area contributed by atoms with Crippen LogP contribution in [0.2, 0.25) is 0 Å². The van der Waals surface area contributed by atoms with Crippen molar-refractivity contribution in [2.75, 3.05) is 49.6 Å². The Morgan fingerprint density at radius 3 is 2.66 bits per heavy atom. The van der Waals surface area contributed by atoms with Crippen LogP contribution in [0.5, 0.6) is 0 Å². The number of para-hydroxylation sites is 3. The number of carbonyl (C=O) groups is 2. The normalized spacial score (nSPS) is 18.8. The van der Waals surface area contributed by atoms with Crippen molar-refractivity contribution in [3.8, 4) is 0 Å². The molecular formula is C23H24FN5O3. The number of nitrogens with one attached hydrogen (secondary N) is 1. The van der Waals surface area contributed by atoms with E-state index in [-0.39, 0.29) is 18.0 Å². The van der Waals surface area contributed by atoms with Crippen molar-refractivity contribution < 1.29 is 18.7 Å². The van der Waals surface area contributed by atoms with Gasteiger partial charge in [-0.2, -0.15) is 0 Å². The van der Waals surface area contributed by atoms with Crippen molar-refractivity contribution in [2.45, 2.75) is 12.5 Å². The van der Waals surface area contributed by atoms with E-state index in [1.54, 1.807) is 17.0 Å². The van der Waals surface area contributed by atoms with Crippen LogP contribution in [0.25, 0.3) is 11.0 Å². The van der Waals surface area contributed by atoms with Gasteiger partial charge in [0.1, 0.15) is 11.9 Å².